The summed E-state index contributed by atoms with van der Waals surface area (Å²) in [5, 5.41) is 14.6. The molecule has 1 unspecified atom stereocenters. The summed E-state index contributed by atoms with van der Waals surface area (Å²) in [7, 11) is 0. The van der Waals surface area contributed by atoms with Crippen molar-refractivity contribution in [2.75, 3.05) is 11.9 Å². The molecule has 1 aliphatic rings. The molecule has 1 heterocycles. The third-order valence-corrected chi connectivity index (χ3v) is 3.33. The Morgan fingerprint density at radius 1 is 1.47 bits per heavy atom. The average Bonchev–Trinajstić information content (AvgIpc) is 2.79. The lowest BCUT2D eigenvalue weighted by molar-refractivity contribution is -0.121. The first-order valence-corrected chi connectivity index (χ1v) is 6.02. The minimum Gasteiger partial charge on any atom is -0.478 e. The van der Waals surface area contributed by atoms with Gasteiger partial charge in [-0.15, -0.1) is 0 Å². The third kappa shape index (κ3) is 2.73. The highest BCUT2D eigenvalue weighted by Crippen LogP contribution is 2.23. The second-order valence-electron chi connectivity index (χ2n) is 4.81. The monoisotopic (exact) mass is 266 g/mol. The Labute approximate surface area is 109 Å². The van der Waals surface area contributed by atoms with Crippen LogP contribution >= 0.6 is 0 Å². The van der Waals surface area contributed by atoms with Crippen LogP contribution in [0, 0.1) is 5.82 Å². The highest BCUT2D eigenvalue weighted by molar-refractivity contribution is 6.03. The summed E-state index contributed by atoms with van der Waals surface area (Å²) in [5.41, 5.74) is -0.853. The van der Waals surface area contributed by atoms with Gasteiger partial charge in [0, 0.05) is 0 Å². The predicted molar refractivity (Wildman–Crippen MR) is 67.6 cm³/mol. The predicted octanol–water partition coefficient (Wildman–Crippen LogP) is 1.60. The van der Waals surface area contributed by atoms with Gasteiger partial charge in [0.25, 0.3) is 0 Å². The molecule has 102 valence electrons. The van der Waals surface area contributed by atoms with Crippen molar-refractivity contribution >= 4 is 17.6 Å². The first-order chi connectivity index (χ1) is 8.92. The van der Waals surface area contributed by atoms with Crippen molar-refractivity contribution in [2.45, 2.75) is 25.3 Å². The van der Waals surface area contributed by atoms with Crippen LogP contribution in [0.3, 0.4) is 0 Å². The van der Waals surface area contributed by atoms with E-state index in [4.69, 9.17) is 5.11 Å². The number of anilines is 1. The number of carbonyl (C=O) groups excluding carboxylic acids is 1. The van der Waals surface area contributed by atoms with E-state index in [9.17, 15) is 14.0 Å². The van der Waals surface area contributed by atoms with Gasteiger partial charge in [-0.2, -0.15) is 0 Å². The molecule has 2 rings (SSSR count). The number of nitrogens with one attached hydrogen (secondary N) is 2. The Kier molecular flexibility index (Phi) is 3.53. The van der Waals surface area contributed by atoms with E-state index in [1.54, 1.807) is 6.92 Å². The summed E-state index contributed by atoms with van der Waals surface area (Å²) in [6.45, 7) is 2.51. The zero-order valence-corrected chi connectivity index (χ0v) is 10.5. The fraction of sp³-hybridized carbons (Fsp3) is 0.385. The quantitative estimate of drug-likeness (QED) is 0.776. The molecule has 1 amide bonds. The molecule has 1 aromatic carbocycles. The number of aromatic carboxylic acids is 1. The molecule has 0 bridgehead atoms. The summed E-state index contributed by atoms with van der Waals surface area (Å²) in [6, 6.07) is 3.27. The third-order valence-electron chi connectivity index (χ3n) is 3.33. The van der Waals surface area contributed by atoms with E-state index in [1.807, 2.05) is 0 Å². The number of benzene rings is 1. The largest absolute Gasteiger partial charge is 0.478 e. The standard InChI is InChI=1S/C13H15FN2O3/c1-13(5-2-6-15-13)12(19)16-10-4-3-8(14)7-9(10)11(17)18/h3-4,7,15H,2,5-6H2,1H3,(H,16,19)(H,17,18). The van der Waals surface area contributed by atoms with Crippen LogP contribution in [0.2, 0.25) is 0 Å². The average molecular weight is 266 g/mol. The molecule has 19 heavy (non-hydrogen) atoms. The molecular weight excluding hydrogens is 251 g/mol. The summed E-state index contributed by atoms with van der Waals surface area (Å²) in [4.78, 5) is 23.2. The topological polar surface area (TPSA) is 78.4 Å². The maximum absolute atomic E-state index is 13.0. The van der Waals surface area contributed by atoms with Crippen molar-refractivity contribution in [1.82, 2.24) is 5.32 Å². The van der Waals surface area contributed by atoms with Crippen LogP contribution in [0.5, 0.6) is 0 Å². The van der Waals surface area contributed by atoms with Crippen molar-refractivity contribution in [3.63, 3.8) is 0 Å². The van der Waals surface area contributed by atoms with Gasteiger partial charge in [-0.1, -0.05) is 0 Å². The molecule has 0 radical (unpaired) electrons. The lowest BCUT2D eigenvalue weighted by Gasteiger charge is -2.23. The van der Waals surface area contributed by atoms with Crippen LogP contribution < -0.4 is 10.6 Å². The van der Waals surface area contributed by atoms with Gasteiger partial charge in [-0.05, 0) is 44.5 Å². The minimum absolute atomic E-state index is 0.105. The fourth-order valence-corrected chi connectivity index (χ4v) is 2.15. The molecule has 5 nitrogen and oxygen atoms in total. The van der Waals surface area contributed by atoms with E-state index < -0.39 is 17.3 Å². The van der Waals surface area contributed by atoms with Crippen molar-refractivity contribution < 1.29 is 19.1 Å². The van der Waals surface area contributed by atoms with Gasteiger partial charge in [0.05, 0.1) is 16.8 Å². The first kappa shape index (κ1) is 13.5. The van der Waals surface area contributed by atoms with Crippen LogP contribution in [-0.4, -0.2) is 29.1 Å². The van der Waals surface area contributed by atoms with Gasteiger partial charge < -0.3 is 15.7 Å². The summed E-state index contributed by atoms with van der Waals surface area (Å²) in [6.07, 6.45) is 1.57. The van der Waals surface area contributed by atoms with Crippen LogP contribution in [0.4, 0.5) is 10.1 Å². The normalized spacial score (nSPS) is 22.2. The zero-order chi connectivity index (χ0) is 14.0. The molecule has 1 atom stereocenters. The lowest BCUT2D eigenvalue weighted by Crippen LogP contribution is -2.48. The number of hydrogen-bond donors (Lipinski definition) is 3. The molecule has 0 aliphatic carbocycles. The number of hydrogen-bond acceptors (Lipinski definition) is 3. The Morgan fingerprint density at radius 2 is 2.21 bits per heavy atom. The first-order valence-electron chi connectivity index (χ1n) is 6.02. The Morgan fingerprint density at radius 3 is 2.79 bits per heavy atom. The SMILES string of the molecule is CC1(C(=O)Nc2ccc(F)cc2C(=O)O)CCCN1. The molecule has 0 saturated carbocycles. The van der Waals surface area contributed by atoms with E-state index in [2.05, 4.69) is 10.6 Å². The van der Waals surface area contributed by atoms with E-state index in [-0.39, 0.29) is 17.2 Å². The number of rotatable bonds is 3. The Balaban J connectivity index is 2.23. The number of amides is 1. The highest BCUT2D eigenvalue weighted by atomic mass is 19.1. The van der Waals surface area contributed by atoms with Gasteiger partial charge in [0.15, 0.2) is 0 Å². The number of carbonyl (C=O) groups is 2. The summed E-state index contributed by atoms with van der Waals surface area (Å²) >= 11 is 0. The van der Waals surface area contributed by atoms with Crippen molar-refractivity contribution in [3.8, 4) is 0 Å². The summed E-state index contributed by atoms with van der Waals surface area (Å²) < 4.78 is 13.0. The van der Waals surface area contributed by atoms with Crippen molar-refractivity contribution in [2.24, 2.45) is 0 Å². The number of carboxylic acid groups (broad SMARTS) is 1. The summed E-state index contributed by atoms with van der Waals surface area (Å²) in [5.74, 6) is -2.24. The zero-order valence-electron chi connectivity index (χ0n) is 10.5. The maximum atomic E-state index is 13.0. The lowest BCUT2D eigenvalue weighted by atomic mass is 9.99. The van der Waals surface area contributed by atoms with E-state index >= 15 is 0 Å². The molecule has 1 aromatic rings. The molecule has 0 spiro atoms. The molecule has 3 N–H and O–H groups in total. The molecule has 1 fully saturated rings. The fourth-order valence-electron chi connectivity index (χ4n) is 2.15. The van der Waals surface area contributed by atoms with Gasteiger partial charge in [-0.25, -0.2) is 9.18 Å². The van der Waals surface area contributed by atoms with Gasteiger partial charge >= 0.3 is 5.97 Å². The van der Waals surface area contributed by atoms with E-state index in [0.717, 1.165) is 25.1 Å². The number of halogens is 1. The highest BCUT2D eigenvalue weighted by Gasteiger charge is 2.36. The van der Waals surface area contributed by atoms with Gasteiger partial charge in [0.2, 0.25) is 5.91 Å². The second kappa shape index (κ2) is 4.97. The van der Waals surface area contributed by atoms with E-state index in [1.165, 1.54) is 6.07 Å². The molecule has 1 saturated heterocycles. The van der Waals surface area contributed by atoms with E-state index in [0.29, 0.717) is 6.42 Å². The van der Waals surface area contributed by atoms with Gasteiger partial charge in [-0.3, -0.25) is 4.79 Å². The Hall–Kier alpha value is -1.95. The maximum Gasteiger partial charge on any atom is 0.337 e. The molecule has 1 aliphatic heterocycles. The smallest absolute Gasteiger partial charge is 0.337 e. The van der Waals surface area contributed by atoms with Crippen molar-refractivity contribution in [1.29, 1.82) is 0 Å². The second-order valence-corrected chi connectivity index (χ2v) is 4.81. The van der Waals surface area contributed by atoms with Gasteiger partial charge in [0.1, 0.15) is 5.82 Å². The minimum atomic E-state index is -1.28. The number of carboxylic acids is 1. The Bertz CT molecular complexity index is 525. The molecule has 6 heteroatoms. The van der Waals surface area contributed by atoms with Crippen LogP contribution in [0.25, 0.3) is 0 Å². The molecular formula is C13H15FN2O3. The van der Waals surface area contributed by atoms with Crippen LogP contribution in [0.15, 0.2) is 18.2 Å². The van der Waals surface area contributed by atoms with Crippen molar-refractivity contribution in [3.05, 3.63) is 29.6 Å². The van der Waals surface area contributed by atoms with Crippen LogP contribution in [-0.2, 0) is 4.79 Å². The van der Waals surface area contributed by atoms with Crippen LogP contribution in [0.1, 0.15) is 30.1 Å². The molecule has 0 aromatic heterocycles.